The average molecular weight is 840 g/mol. The number of nitrogen functional groups attached to an aromatic ring is 1. The monoisotopic (exact) mass is 839 g/mol. The van der Waals surface area contributed by atoms with Gasteiger partial charge >= 0.3 is 23.5 Å². The fourth-order valence-corrected chi connectivity index (χ4v) is 7.65. The molecule has 3 rings (SSSR count). The summed E-state index contributed by atoms with van der Waals surface area (Å²) in [5, 5.41) is 26.1. The lowest BCUT2D eigenvalue weighted by molar-refractivity contribution is -0.137. The van der Waals surface area contributed by atoms with Crippen LogP contribution in [0.2, 0.25) is 0 Å². The molecule has 1 fully saturated rings. The number of aliphatic hydroxyl groups excluding tert-OH is 2. The minimum atomic E-state index is -5.56. The Balaban J connectivity index is 0.00000477. The Bertz CT molecular complexity index is 1730. The van der Waals surface area contributed by atoms with Gasteiger partial charge in [-0.05, 0) is 0 Å². The maximum Gasteiger partial charge on any atom is 0.481 e. The molecule has 2 aromatic rings. The van der Waals surface area contributed by atoms with Gasteiger partial charge in [-0.15, -0.1) is 0 Å². The van der Waals surface area contributed by atoms with Crippen molar-refractivity contribution >= 4 is 75.9 Å². The van der Waals surface area contributed by atoms with E-state index in [4.69, 9.17) is 24.3 Å². The van der Waals surface area contributed by atoms with Crippen LogP contribution in [-0.2, 0) is 55.5 Å². The first-order chi connectivity index (χ1) is 24.5. The summed E-state index contributed by atoms with van der Waals surface area (Å²) in [4.78, 5) is 93.9. The summed E-state index contributed by atoms with van der Waals surface area (Å²) in [5.74, 6) is -1.08. The van der Waals surface area contributed by atoms with Crippen molar-refractivity contribution in [3.05, 3.63) is 12.7 Å². The quantitative estimate of drug-likeness (QED) is 0.0574. The molecule has 0 aliphatic carbocycles. The Morgan fingerprint density at radius 3 is 2.34 bits per heavy atom. The number of phosphoric acid groups is 3. The number of carbonyl (C=O) groups excluding carboxylic acids is 4. The first-order valence-corrected chi connectivity index (χ1v) is 20.3. The van der Waals surface area contributed by atoms with E-state index in [0.717, 1.165) is 29.0 Å². The number of hydrogen-bond donors (Lipinski definition) is 9. The molecule has 2 aromatic heterocycles. The first-order valence-electron chi connectivity index (χ1n) is 14.8. The van der Waals surface area contributed by atoms with Crippen LogP contribution in [0.15, 0.2) is 12.7 Å². The number of carbonyl (C=O) groups is 4. The van der Waals surface area contributed by atoms with Crippen LogP contribution in [0.5, 0.6) is 0 Å². The van der Waals surface area contributed by atoms with E-state index in [-0.39, 0.29) is 41.6 Å². The number of thioether (sulfide) groups is 1. The molecule has 1 aliphatic rings. The summed E-state index contributed by atoms with van der Waals surface area (Å²) in [6, 6.07) is 0. The molecule has 300 valence electrons. The molecular weight excluding hydrogens is 799 g/mol. The number of nitrogens with one attached hydrogen (secondary N) is 2. The molecule has 0 spiro atoms. The van der Waals surface area contributed by atoms with Crippen molar-refractivity contribution in [1.29, 1.82) is 0 Å². The van der Waals surface area contributed by atoms with Crippen LogP contribution >= 0.6 is 35.2 Å². The number of rotatable bonds is 19. The number of aromatic nitrogens is 4. The van der Waals surface area contributed by atoms with Crippen molar-refractivity contribution in [2.24, 2.45) is 5.41 Å². The molecule has 1 saturated heterocycles. The molecule has 1 aliphatic heterocycles. The Morgan fingerprint density at radius 1 is 1.08 bits per heavy atom. The highest BCUT2D eigenvalue weighted by molar-refractivity contribution is 8.13. The smallest absolute Gasteiger partial charge is 0.386 e. The number of amides is 2. The Labute approximate surface area is 304 Å². The molecule has 7 atom stereocenters. The van der Waals surface area contributed by atoms with Crippen LogP contribution < -0.4 is 16.4 Å². The van der Waals surface area contributed by atoms with E-state index in [2.05, 4.69) is 34.4 Å². The van der Waals surface area contributed by atoms with Crippen LogP contribution in [0, 0.1) is 5.41 Å². The lowest BCUT2D eigenvalue weighted by atomic mass is 9.87. The highest BCUT2D eigenvalue weighted by Gasteiger charge is 2.50. The van der Waals surface area contributed by atoms with Gasteiger partial charge in [-0.25, -0.2) is 28.6 Å². The van der Waals surface area contributed by atoms with Crippen molar-refractivity contribution in [2.45, 2.75) is 57.8 Å². The number of hydrogen-bond acceptors (Lipinski definition) is 19. The Kier molecular flexibility index (Phi) is 17.2. The van der Waals surface area contributed by atoms with Crippen LogP contribution in [0.4, 0.5) is 5.82 Å². The summed E-state index contributed by atoms with van der Waals surface area (Å²) < 4.78 is 61.8. The van der Waals surface area contributed by atoms with Gasteiger partial charge in [0.25, 0.3) is 0 Å². The van der Waals surface area contributed by atoms with Crippen LogP contribution in [0.25, 0.3) is 11.2 Å². The van der Waals surface area contributed by atoms with E-state index in [9.17, 15) is 57.9 Å². The predicted octanol–water partition coefficient (Wildman–Crippen LogP) is -1.50. The zero-order chi connectivity index (χ0) is 40.4. The summed E-state index contributed by atoms with van der Waals surface area (Å²) in [6.07, 6.45) is -6.88. The van der Waals surface area contributed by atoms with Crippen molar-refractivity contribution < 1.29 is 85.3 Å². The third kappa shape index (κ3) is 14.4. The molecular formula is C24H40N7O18P3S. The zero-order valence-corrected chi connectivity index (χ0v) is 31.7. The maximum absolute atomic E-state index is 12.6. The number of ether oxygens (including phenoxy) is 1. The van der Waals surface area contributed by atoms with Gasteiger partial charge < -0.3 is 55.7 Å². The SMILES string of the molecule is C=O.CC(=O)SCCNC(=O)CCNC(=O)[C@H](O)C(C)(C)COP(=O)(O)OP(=O)(O)OC[C@H]1O[C@@H](n2cnc3c(N)ncnc32)[C@H](O)[C@@H]1OP(=O)(O)O. The second-order valence-electron chi connectivity index (χ2n) is 11.4. The van der Waals surface area contributed by atoms with Gasteiger partial charge in [0.05, 0.1) is 19.5 Å². The Morgan fingerprint density at radius 2 is 1.72 bits per heavy atom. The standard InChI is InChI=1S/C23H38N7O17P3S.CH2O/c1-12(31)51-7-6-25-14(32)4-5-26-21(35)18(34)23(2,3)9-44-50(41,42)47-49(39,40)43-8-13-17(46-48(36,37)38)16(33)22(45-13)30-11-29-15-19(24)27-10-28-20(15)30;1-2/h10-11,13,16-18,22,33-34H,4-9H2,1-3H3,(H,25,32)(H,26,35)(H,39,40)(H,41,42)(H2,24,27,28)(H2,36,37,38);1H2/t13-,16-,17-,18+,22-;/m1./s1. The van der Waals surface area contributed by atoms with E-state index in [1.54, 1.807) is 0 Å². The average Bonchev–Trinajstić information content (AvgIpc) is 3.62. The van der Waals surface area contributed by atoms with Crippen molar-refractivity contribution in [3.63, 3.8) is 0 Å². The van der Waals surface area contributed by atoms with Gasteiger partial charge in [-0.3, -0.25) is 32.5 Å². The van der Waals surface area contributed by atoms with Crippen LogP contribution in [0.3, 0.4) is 0 Å². The van der Waals surface area contributed by atoms with Crippen molar-refractivity contribution in [1.82, 2.24) is 30.2 Å². The lowest BCUT2D eigenvalue weighted by Gasteiger charge is -2.30. The molecule has 53 heavy (non-hydrogen) atoms. The molecule has 0 radical (unpaired) electrons. The highest BCUT2D eigenvalue weighted by atomic mass is 32.2. The van der Waals surface area contributed by atoms with E-state index in [0.29, 0.717) is 5.75 Å². The fraction of sp³-hybridized carbons (Fsp3) is 0.625. The second kappa shape index (κ2) is 19.7. The molecule has 10 N–H and O–H groups in total. The van der Waals surface area contributed by atoms with Gasteiger partial charge in [-0.2, -0.15) is 4.31 Å². The maximum atomic E-state index is 12.6. The predicted molar refractivity (Wildman–Crippen MR) is 180 cm³/mol. The van der Waals surface area contributed by atoms with E-state index < -0.39 is 84.6 Å². The topological polar surface area (TPSA) is 381 Å². The van der Waals surface area contributed by atoms with Gasteiger partial charge in [0, 0.05) is 37.6 Å². The number of nitrogens with zero attached hydrogens (tertiary/aromatic N) is 4. The number of imidazole rings is 1. The molecule has 0 saturated carbocycles. The summed E-state index contributed by atoms with van der Waals surface area (Å²) in [5.41, 5.74) is 4.26. The number of nitrogens with two attached hydrogens (primary N) is 1. The molecule has 29 heteroatoms. The third-order valence-corrected chi connectivity index (χ3v) is 10.7. The minimum absolute atomic E-state index is 0.0310. The van der Waals surface area contributed by atoms with Crippen molar-refractivity contribution in [3.8, 4) is 0 Å². The summed E-state index contributed by atoms with van der Waals surface area (Å²) in [7, 11) is -16.4. The van der Waals surface area contributed by atoms with E-state index in [1.807, 2.05) is 6.79 Å². The van der Waals surface area contributed by atoms with Gasteiger partial charge in [0.2, 0.25) is 11.8 Å². The molecule has 0 aromatic carbocycles. The van der Waals surface area contributed by atoms with Gasteiger partial charge in [-0.1, -0.05) is 25.6 Å². The van der Waals surface area contributed by atoms with Gasteiger partial charge in [0.15, 0.2) is 22.8 Å². The number of anilines is 1. The largest absolute Gasteiger partial charge is 0.481 e. The molecule has 0 bridgehead atoms. The van der Waals surface area contributed by atoms with Crippen LogP contribution in [-0.4, -0.2) is 129 Å². The summed E-state index contributed by atoms with van der Waals surface area (Å²) in [6.45, 7) is 3.90. The van der Waals surface area contributed by atoms with Gasteiger partial charge in [0.1, 0.15) is 43.0 Å². The number of phosphoric ester groups is 3. The van der Waals surface area contributed by atoms with E-state index in [1.165, 1.54) is 20.8 Å². The lowest BCUT2D eigenvalue weighted by Crippen LogP contribution is -2.46. The van der Waals surface area contributed by atoms with Crippen LogP contribution in [0.1, 0.15) is 33.4 Å². The zero-order valence-electron chi connectivity index (χ0n) is 28.2. The second-order valence-corrected chi connectivity index (χ2v) is 16.9. The van der Waals surface area contributed by atoms with Crippen molar-refractivity contribution in [2.75, 3.05) is 37.8 Å². The normalized spacial score (nSPS) is 21.8. The molecule has 3 heterocycles. The summed E-state index contributed by atoms with van der Waals surface area (Å²) >= 11 is 1.03. The molecule has 2 amide bonds. The third-order valence-electron chi connectivity index (χ3n) is 6.81. The Hall–Kier alpha value is -2.77. The molecule has 2 unspecified atom stereocenters. The fourth-order valence-electron chi connectivity index (χ4n) is 4.32. The number of fused-ring (bicyclic) bond motifs is 1. The first kappa shape index (κ1) is 46.4. The highest BCUT2D eigenvalue weighted by Crippen LogP contribution is 2.61. The van der Waals surface area contributed by atoms with E-state index >= 15 is 0 Å². The minimum Gasteiger partial charge on any atom is -0.386 e. The number of aliphatic hydroxyl groups is 2. The molecule has 25 nitrogen and oxygen atoms in total.